The van der Waals surface area contributed by atoms with Crippen LogP contribution in [0.4, 0.5) is 0 Å². The molecule has 0 aromatic carbocycles. The summed E-state index contributed by atoms with van der Waals surface area (Å²) in [6, 6.07) is 7.49. The van der Waals surface area contributed by atoms with E-state index < -0.39 is 11.8 Å². The predicted molar refractivity (Wildman–Crippen MR) is 110 cm³/mol. The molecule has 0 bridgehead atoms. The number of amides is 2. The number of nitrogens with one attached hydrogen (secondary N) is 2. The van der Waals surface area contributed by atoms with E-state index in [0.29, 0.717) is 13.1 Å². The second kappa shape index (κ2) is 10.6. The number of aromatic nitrogens is 2. The molecule has 154 valence electrons. The number of hydrogen-bond acceptors (Lipinski definition) is 6. The largest absolute Gasteiger partial charge is 0.346 e. The first-order valence-electron chi connectivity index (χ1n) is 9.98. The molecule has 2 N–H and O–H groups in total. The number of carbonyl (C=O) groups is 2. The van der Waals surface area contributed by atoms with Crippen molar-refractivity contribution in [2.75, 3.05) is 39.3 Å². The molecule has 8 nitrogen and oxygen atoms in total. The van der Waals surface area contributed by atoms with E-state index in [1.807, 2.05) is 18.3 Å². The molecule has 1 unspecified atom stereocenters. The highest BCUT2D eigenvalue weighted by molar-refractivity contribution is 6.35. The molecule has 2 amide bonds. The molecule has 1 atom stereocenters. The van der Waals surface area contributed by atoms with Gasteiger partial charge in [-0.05, 0) is 35.9 Å². The van der Waals surface area contributed by atoms with E-state index in [1.54, 1.807) is 30.7 Å². The summed E-state index contributed by atoms with van der Waals surface area (Å²) < 4.78 is 0. The maximum atomic E-state index is 12.3. The van der Waals surface area contributed by atoms with Crippen molar-refractivity contribution in [1.82, 2.24) is 30.4 Å². The van der Waals surface area contributed by atoms with Crippen LogP contribution in [0, 0.1) is 0 Å². The number of piperazine rings is 1. The molecule has 29 heavy (non-hydrogen) atoms. The molecule has 2 aromatic heterocycles. The summed E-state index contributed by atoms with van der Waals surface area (Å²) in [7, 11) is 0. The second-order valence-corrected chi connectivity index (χ2v) is 7.02. The van der Waals surface area contributed by atoms with Crippen LogP contribution in [0.15, 0.2) is 49.1 Å². The predicted octanol–water partition coefficient (Wildman–Crippen LogP) is 0.588. The first kappa shape index (κ1) is 20.9. The van der Waals surface area contributed by atoms with Crippen LogP contribution in [0.1, 0.15) is 24.1 Å². The quantitative estimate of drug-likeness (QED) is 0.666. The molecule has 1 aliphatic rings. The Morgan fingerprint density at radius 2 is 1.72 bits per heavy atom. The van der Waals surface area contributed by atoms with Gasteiger partial charge in [0.1, 0.15) is 0 Å². The Bertz CT molecular complexity index is 778. The minimum Gasteiger partial charge on any atom is -0.346 e. The zero-order chi connectivity index (χ0) is 20.5. The molecule has 0 saturated carbocycles. The molecule has 2 aromatic rings. The van der Waals surface area contributed by atoms with Crippen molar-refractivity contribution in [3.8, 4) is 0 Å². The van der Waals surface area contributed by atoms with Gasteiger partial charge in [0.25, 0.3) is 0 Å². The van der Waals surface area contributed by atoms with Crippen molar-refractivity contribution >= 4 is 11.8 Å². The third kappa shape index (κ3) is 6.07. The van der Waals surface area contributed by atoms with E-state index in [9.17, 15) is 9.59 Å². The molecule has 3 heterocycles. The summed E-state index contributed by atoms with van der Waals surface area (Å²) in [5.41, 5.74) is 1.93. The van der Waals surface area contributed by atoms with Gasteiger partial charge in [0.2, 0.25) is 0 Å². The number of hydrogen-bond donors (Lipinski definition) is 2. The molecule has 8 heteroatoms. The van der Waals surface area contributed by atoms with Crippen molar-refractivity contribution in [2.24, 2.45) is 0 Å². The summed E-state index contributed by atoms with van der Waals surface area (Å²) in [6.07, 6.45) is 6.86. The Labute approximate surface area is 171 Å². The Kier molecular flexibility index (Phi) is 7.66. The van der Waals surface area contributed by atoms with E-state index in [-0.39, 0.29) is 6.04 Å². The Hall–Kier alpha value is -2.84. The molecule has 1 fully saturated rings. The standard InChI is InChI=1S/C21H28N6O2/c1-2-26-10-12-27(13-11-26)19(18-4-3-7-23-15-18)16-25-21(29)20(28)24-14-17-5-8-22-9-6-17/h3-9,15,19H,2,10-14,16H2,1H3,(H,24,28)(H,25,29). The van der Waals surface area contributed by atoms with E-state index >= 15 is 0 Å². The third-order valence-corrected chi connectivity index (χ3v) is 5.23. The van der Waals surface area contributed by atoms with Gasteiger partial charge < -0.3 is 15.5 Å². The van der Waals surface area contributed by atoms with Gasteiger partial charge in [-0.25, -0.2) is 0 Å². The van der Waals surface area contributed by atoms with Gasteiger partial charge in [-0.2, -0.15) is 0 Å². The maximum Gasteiger partial charge on any atom is 0.309 e. The monoisotopic (exact) mass is 396 g/mol. The lowest BCUT2D eigenvalue weighted by Crippen LogP contribution is -2.50. The highest BCUT2D eigenvalue weighted by Gasteiger charge is 2.26. The van der Waals surface area contributed by atoms with Crippen LogP contribution in [0.25, 0.3) is 0 Å². The van der Waals surface area contributed by atoms with Gasteiger partial charge in [0.15, 0.2) is 0 Å². The average Bonchev–Trinajstić information content (AvgIpc) is 2.79. The van der Waals surface area contributed by atoms with Crippen LogP contribution in [-0.4, -0.2) is 70.9 Å². The lowest BCUT2D eigenvalue weighted by Gasteiger charge is -2.39. The first-order chi connectivity index (χ1) is 14.2. The molecule has 0 spiro atoms. The van der Waals surface area contributed by atoms with Crippen molar-refractivity contribution < 1.29 is 9.59 Å². The highest BCUT2D eigenvalue weighted by Crippen LogP contribution is 2.21. The molecule has 0 aliphatic carbocycles. The van der Waals surface area contributed by atoms with E-state index in [2.05, 4.69) is 37.3 Å². The van der Waals surface area contributed by atoms with Crippen molar-refractivity contribution in [3.05, 3.63) is 60.2 Å². The highest BCUT2D eigenvalue weighted by atomic mass is 16.2. The van der Waals surface area contributed by atoms with Gasteiger partial charge >= 0.3 is 11.8 Å². The van der Waals surface area contributed by atoms with Crippen LogP contribution in [-0.2, 0) is 16.1 Å². The average molecular weight is 396 g/mol. The topological polar surface area (TPSA) is 90.5 Å². The lowest BCUT2D eigenvalue weighted by atomic mass is 10.1. The fraction of sp³-hybridized carbons (Fsp3) is 0.429. The fourth-order valence-corrected chi connectivity index (χ4v) is 3.46. The van der Waals surface area contributed by atoms with Gasteiger partial charge in [0, 0.05) is 64.1 Å². The summed E-state index contributed by atoms with van der Waals surface area (Å²) >= 11 is 0. The SMILES string of the molecule is CCN1CCN(C(CNC(=O)C(=O)NCc2ccncc2)c2cccnc2)CC1. The van der Waals surface area contributed by atoms with Crippen LogP contribution < -0.4 is 10.6 Å². The van der Waals surface area contributed by atoms with E-state index in [1.165, 1.54) is 0 Å². The van der Waals surface area contributed by atoms with Gasteiger partial charge in [-0.3, -0.25) is 24.5 Å². The molecule has 3 rings (SSSR count). The minimum absolute atomic E-state index is 0.0142. The first-order valence-corrected chi connectivity index (χ1v) is 9.98. The Morgan fingerprint density at radius 3 is 2.38 bits per heavy atom. The second-order valence-electron chi connectivity index (χ2n) is 7.02. The summed E-state index contributed by atoms with van der Waals surface area (Å²) in [6.45, 7) is 7.67. The van der Waals surface area contributed by atoms with Crippen molar-refractivity contribution in [2.45, 2.75) is 19.5 Å². The molecule has 1 saturated heterocycles. The normalized spacial score (nSPS) is 16.2. The summed E-state index contributed by atoms with van der Waals surface area (Å²) in [4.78, 5) is 37.4. The Balaban J connectivity index is 1.56. The van der Waals surface area contributed by atoms with Crippen molar-refractivity contribution in [3.63, 3.8) is 0 Å². The van der Waals surface area contributed by atoms with Gasteiger partial charge in [-0.1, -0.05) is 13.0 Å². The molecular weight excluding hydrogens is 368 g/mol. The number of nitrogens with zero attached hydrogens (tertiary/aromatic N) is 4. The van der Waals surface area contributed by atoms with Crippen LogP contribution in [0.3, 0.4) is 0 Å². The fourth-order valence-electron chi connectivity index (χ4n) is 3.46. The zero-order valence-electron chi connectivity index (χ0n) is 16.8. The number of pyridine rings is 2. The van der Waals surface area contributed by atoms with E-state index in [4.69, 9.17) is 0 Å². The minimum atomic E-state index is -0.637. The molecular formula is C21H28N6O2. The van der Waals surface area contributed by atoms with E-state index in [0.717, 1.165) is 43.9 Å². The summed E-state index contributed by atoms with van der Waals surface area (Å²) in [5, 5.41) is 5.44. The maximum absolute atomic E-state index is 12.3. The molecule has 1 aliphatic heterocycles. The Morgan fingerprint density at radius 1 is 1.00 bits per heavy atom. The lowest BCUT2D eigenvalue weighted by molar-refractivity contribution is -0.139. The number of rotatable bonds is 7. The molecule has 0 radical (unpaired) electrons. The van der Waals surface area contributed by atoms with Crippen LogP contribution in [0.2, 0.25) is 0 Å². The van der Waals surface area contributed by atoms with Crippen LogP contribution >= 0.6 is 0 Å². The summed E-state index contributed by atoms with van der Waals surface area (Å²) in [5.74, 6) is -1.26. The van der Waals surface area contributed by atoms with Gasteiger partial charge in [0.05, 0.1) is 6.04 Å². The third-order valence-electron chi connectivity index (χ3n) is 5.23. The van der Waals surface area contributed by atoms with Crippen molar-refractivity contribution in [1.29, 1.82) is 0 Å². The smallest absolute Gasteiger partial charge is 0.309 e. The number of likely N-dealkylation sites (N-methyl/N-ethyl adjacent to an activating group) is 1. The number of carbonyl (C=O) groups excluding carboxylic acids is 2. The van der Waals surface area contributed by atoms with Gasteiger partial charge in [-0.15, -0.1) is 0 Å². The zero-order valence-corrected chi connectivity index (χ0v) is 16.8. The van der Waals surface area contributed by atoms with Crippen LogP contribution in [0.5, 0.6) is 0 Å².